The van der Waals surface area contributed by atoms with Gasteiger partial charge in [-0.2, -0.15) is 0 Å². The molecule has 1 rings (SSSR count). The Balaban J connectivity index is 3.11. The van der Waals surface area contributed by atoms with E-state index in [2.05, 4.69) is 0 Å². The zero-order valence-corrected chi connectivity index (χ0v) is 13.7. The third-order valence-corrected chi connectivity index (χ3v) is 2.97. The first kappa shape index (κ1) is 19.8. The second-order valence-electron chi connectivity index (χ2n) is 5.09. The molecule has 0 aromatic rings. The summed E-state index contributed by atoms with van der Waals surface area (Å²) in [6.45, 7) is 4.09. The van der Waals surface area contributed by atoms with Crippen molar-refractivity contribution in [2.45, 2.75) is 58.4 Å². The van der Waals surface area contributed by atoms with Gasteiger partial charge in [0.05, 0.1) is 0 Å². The topological polar surface area (TPSA) is 135 Å². The second kappa shape index (κ2) is 8.60. The molecule has 0 spiro atoms. The summed E-state index contributed by atoms with van der Waals surface area (Å²) in [5.41, 5.74) is 0. The van der Waals surface area contributed by atoms with Crippen LogP contribution >= 0.6 is 0 Å². The van der Waals surface area contributed by atoms with E-state index in [0.717, 1.165) is 27.7 Å². The summed E-state index contributed by atoms with van der Waals surface area (Å²) < 4.78 is 25.0. The van der Waals surface area contributed by atoms with Crippen molar-refractivity contribution in [1.29, 1.82) is 0 Å². The standard InChI is InChI=1S/C14H20O10/c1-6(15)20-5-10-11(21-7(2)16)12(22-8(3)17)13(14(19)24-10)23-9(4)18/h10-14,19H,5H2,1-4H3/t10-,11-,12-,13+,14+/m0/s1. The van der Waals surface area contributed by atoms with Gasteiger partial charge < -0.3 is 28.8 Å². The smallest absolute Gasteiger partial charge is 0.303 e. The fourth-order valence-electron chi connectivity index (χ4n) is 2.21. The molecular weight excluding hydrogens is 328 g/mol. The number of aliphatic hydroxyl groups excluding tert-OH is 1. The Bertz CT molecular complexity index is 502. The molecule has 0 radical (unpaired) electrons. The molecule has 1 fully saturated rings. The monoisotopic (exact) mass is 348 g/mol. The van der Waals surface area contributed by atoms with Crippen LogP contribution in [0.15, 0.2) is 0 Å². The van der Waals surface area contributed by atoms with Gasteiger partial charge in [0.15, 0.2) is 24.6 Å². The molecule has 0 bridgehead atoms. The van der Waals surface area contributed by atoms with E-state index in [9.17, 15) is 24.3 Å². The number of carbonyl (C=O) groups is 4. The lowest BCUT2D eigenvalue weighted by Crippen LogP contribution is -2.62. The summed E-state index contributed by atoms with van der Waals surface area (Å²) in [6, 6.07) is 0. The van der Waals surface area contributed by atoms with Crippen molar-refractivity contribution in [2.75, 3.05) is 6.61 Å². The Morgan fingerprint density at radius 1 is 0.792 bits per heavy atom. The third kappa shape index (κ3) is 5.78. The number of rotatable bonds is 5. The maximum absolute atomic E-state index is 11.3. The van der Waals surface area contributed by atoms with Crippen LogP contribution in [-0.2, 0) is 42.9 Å². The third-order valence-electron chi connectivity index (χ3n) is 2.97. The van der Waals surface area contributed by atoms with Crippen LogP contribution in [0.4, 0.5) is 0 Å². The van der Waals surface area contributed by atoms with E-state index in [0.29, 0.717) is 0 Å². The lowest BCUT2D eigenvalue weighted by molar-refractivity contribution is -0.296. The average Bonchev–Trinajstić information content (AvgIpc) is 2.42. The molecule has 1 aliphatic rings. The normalized spacial score (nSPS) is 29.3. The van der Waals surface area contributed by atoms with Gasteiger partial charge in [-0.3, -0.25) is 19.2 Å². The van der Waals surface area contributed by atoms with Crippen LogP contribution in [0.5, 0.6) is 0 Å². The van der Waals surface area contributed by atoms with Gasteiger partial charge in [0, 0.05) is 27.7 Å². The molecule has 10 heteroatoms. The summed E-state index contributed by atoms with van der Waals surface area (Å²) in [7, 11) is 0. The molecule has 24 heavy (non-hydrogen) atoms. The number of ether oxygens (including phenoxy) is 5. The van der Waals surface area contributed by atoms with Crippen molar-refractivity contribution in [3.05, 3.63) is 0 Å². The first-order valence-corrected chi connectivity index (χ1v) is 7.10. The van der Waals surface area contributed by atoms with Crippen molar-refractivity contribution in [3.8, 4) is 0 Å². The van der Waals surface area contributed by atoms with Gasteiger partial charge in [0.1, 0.15) is 12.7 Å². The quantitative estimate of drug-likeness (QED) is 0.490. The van der Waals surface area contributed by atoms with Crippen LogP contribution in [-0.4, -0.2) is 66.3 Å². The number of hydrogen-bond donors (Lipinski definition) is 1. The van der Waals surface area contributed by atoms with E-state index in [1.807, 2.05) is 0 Å². The maximum atomic E-state index is 11.3. The van der Waals surface area contributed by atoms with E-state index in [1.54, 1.807) is 0 Å². The summed E-state index contributed by atoms with van der Waals surface area (Å²) in [5.74, 6) is -2.87. The van der Waals surface area contributed by atoms with E-state index in [1.165, 1.54) is 0 Å². The molecule has 0 saturated carbocycles. The first-order valence-electron chi connectivity index (χ1n) is 7.10. The highest BCUT2D eigenvalue weighted by Crippen LogP contribution is 2.28. The largest absolute Gasteiger partial charge is 0.463 e. The summed E-state index contributed by atoms with van der Waals surface area (Å²) >= 11 is 0. The Morgan fingerprint density at radius 2 is 1.25 bits per heavy atom. The van der Waals surface area contributed by atoms with Crippen LogP contribution < -0.4 is 0 Å². The van der Waals surface area contributed by atoms with Crippen LogP contribution in [0.3, 0.4) is 0 Å². The van der Waals surface area contributed by atoms with E-state index in [-0.39, 0.29) is 6.61 Å². The minimum absolute atomic E-state index is 0.366. The van der Waals surface area contributed by atoms with Crippen LogP contribution in [0.1, 0.15) is 27.7 Å². The lowest BCUT2D eigenvalue weighted by atomic mass is 9.98. The van der Waals surface area contributed by atoms with Crippen molar-refractivity contribution in [1.82, 2.24) is 0 Å². The predicted octanol–water partition coefficient (Wildman–Crippen LogP) is -0.938. The van der Waals surface area contributed by atoms with Crippen molar-refractivity contribution < 1.29 is 48.0 Å². The van der Waals surface area contributed by atoms with Gasteiger partial charge in [-0.25, -0.2) is 0 Å². The molecule has 1 aliphatic heterocycles. The second-order valence-corrected chi connectivity index (χ2v) is 5.09. The molecule has 1 N–H and O–H groups in total. The van der Waals surface area contributed by atoms with Crippen LogP contribution in [0.25, 0.3) is 0 Å². The van der Waals surface area contributed by atoms with Crippen LogP contribution in [0, 0.1) is 0 Å². The molecule has 5 atom stereocenters. The molecule has 10 nitrogen and oxygen atoms in total. The highest BCUT2D eigenvalue weighted by molar-refractivity contribution is 5.68. The molecule has 1 heterocycles. The van der Waals surface area contributed by atoms with Gasteiger partial charge in [0.25, 0.3) is 0 Å². The van der Waals surface area contributed by atoms with Gasteiger partial charge in [-0.15, -0.1) is 0 Å². The van der Waals surface area contributed by atoms with Gasteiger partial charge in [-0.1, -0.05) is 0 Å². The predicted molar refractivity (Wildman–Crippen MR) is 74.2 cm³/mol. The molecular formula is C14H20O10. The van der Waals surface area contributed by atoms with E-state index >= 15 is 0 Å². The van der Waals surface area contributed by atoms with Gasteiger partial charge in [0.2, 0.25) is 0 Å². The molecule has 0 amide bonds. The Kier molecular flexibility index (Phi) is 7.11. The highest BCUT2D eigenvalue weighted by atomic mass is 16.7. The molecule has 0 aromatic carbocycles. The van der Waals surface area contributed by atoms with Crippen molar-refractivity contribution >= 4 is 23.9 Å². The zero-order valence-electron chi connectivity index (χ0n) is 13.7. The number of carbonyl (C=O) groups excluding carboxylic acids is 4. The summed E-state index contributed by atoms with van der Waals surface area (Å²) in [4.78, 5) is 44.9. The Hall–Kier alpha value is -2.20. The summed E-state index contributed by atoms with van der Waals surface area (Å²) in [6.07, 6.45) is -6.79. The first-order chi connectivity index (χ1) is 11.1. The van der Waals surface area contributed by atoms with Gasteiger partial charge >= 0.3 is 23.9 Å². The molecule has 0 aromatic heterocycles. The van der Waals surface area contributed by atoms with E-state index in [4.69, 9.17) is 23.7 Å². The Labute approximate surface area is 137 Å². The van der Waals surface area contributed by atoms with Crippen molar-refractivity contribution in [2.24, 2.45) is 0 Å². The number of aliphatic hydroxyl groups is 1. The Morgan fingerprint density at radius 3 is 1.71 bits per heavy atom. The number of esters is 4. The van der Waals surface area contributed by atoms with Gasteiger partial charge in [-0.05, 0) is 0 Å². The minimum atomic E-state index is -1.68. The van der Waals surface area contributed by atoms with Crippen molar-refractivity contribution in [3.63, 3.8) is 0 Å². The molecule has 1 saturated heterocycles. The van der Waals surface area contributed by atoms with E-state index < -0.39 is 54.6 Å². The fourth-order valence-corrected chi connectivity index (χ4v) is 2.21. The molecule has 0 unspecified atom stereocenters. The SMILES string of the molecule is CC(=O)OC[C@@H]1O[C@@H](O)[C@H](OC(C)=O)[C@@H](OC(C)=O)[C@H]1OC(C)=O. The maximum Gasteiger partial charge on any atom is 0.303 e. The highest BCUT2D eigenvalue weighted by Gasteiger charge is 2.51. The van der Waals surface area contributed by atoms with Crippen LogP contribution in [0.2, 0.25) is 0 Å². The lowest BCUT2D eigenvalue weighted by Gasteiger charge is -2.42. The zero-order chi connectivity index (χ0) is 18.4. The average molecular weight is 348 g/mol. The number of hydrogen-bond acceptors (Lipinski definition) is 10. The minimum Gasteiger partial charge on any atom is -0.463 e. The fraction of sp³-hybridized carbons (Fsp3) is 0.714. The molecule has 0 aliphatic carbocycles. The molecule has 136 valence electrons. The summed E-state index contributed by atoms with van der Waals surface area (Å²) in [5, 5.41) is 10.0.